The summed E-state index contributed by atoms with van der Waals surface area (Å²) in [6, 6.07) is 15.3. The molecule has 3 amide bonds. The van der Waals surface area contributed by atoms with Crippen molar-refractivity contribution in [1.29, 1.82) is 0 Å². The van der Waals surface area contributed by atoms with Gasteiger partial charge >= 0.3 is 0 Å². The molecule has 0 aliphatic carbocycles. The number of hydrogen-bond donors (Lipinski definition) is 1. The molecule has 3 heterocycles. The van der Waals surface area contributed by atoms with E-state index in [9.17, 15) is 14.4 Å². The van der Waals surface area contributed by atoms with Gasteiger partial charge in [0, 0.05) is 42.4 Å². The number of nitrogens with zero attached hydrogens (tertiary/aromatic N) is 3. The van der Waals surface area contributed by atoms with Crippen LogP contribution in [0, 0.1) is 5.92 Å². The fraction of sp³-hybridized carbons (Fsp3) is 0.308. The highest BCUT2D eigenvalue weighted by Gasteiger charge is 2.39. The van der Waals surface area contributed by atoms with Crippen molar-refractivity contribution >= 4 is 17.7 Å². The van der Waals surface area contributed by atoms with Gasteiger partial charge in [0.25, 0.3) is 5.91 Å². The lowest BCUT2D eigenvalue weighted by atomic mass is 10.0. The van der Waals surface area contributed by atoms with Crippen molar-refractivity contribution in [3.05, 3.63) is 71.7 Å². The monoisotopic (exact) mass is 442 g/mol. The van der Waals surface area contributed by atoms with Crippen LogP contribution in [-0.4, -0.2) is 38.2 Å². The third-order valence-corrected chi connectivity index (χ3v) is 6.22. The van der Waals surface area contributed by atoms with E-state index in [0.29, 0.717) is 24.4 Å². The molecule has 0 spiro atoms. The van der Waals surface area contributed by atoms with Gasteiger partial charge in [-0.15, -0.1) is 0 Å². The summed E-state index contributed by atoms with van der Waals surface area (Å²) in [4.78, 5) is 43.3. The lowest BCUT2D eigenvalue weighted by Gasteiger charge is -2.29. The minimum atomic E-state index is -0.610. The van der Waals surface area contributed by atoms with Crippen molar-refractivity contribution in [2.45, 2.75) is 45.7 Å². The number of nitrogens with one attached hydrogen (secondary N) is 1. The Morgan fingerprint density at radius 3 is 2.61 bits per heavy atom. The minimum absolute atomic E-state index is 0.165. The molecule has 2 aromatic carbocycles. The first kappa shape index (κ1) is 21.1. The van der Waals surface area contributed by atoms with Crippen molar-refractivity contribution in [1.82, 2.24) is 19.8 Å². The highest BCUT2D eigenvalue weighted by atomic mass is 16.2. The van der Waals surface area contributed by atoms with Gasteiger partial charge in [-0.25, -0.2) is 4.98 Å². The molecule has 1 fully saturated rings. The molecule has 0 radical (unpaired) electrons. The van der Waals surface area contributed by atoms with Crippen molar-refractivity contribution in [2.75, 3.05) is 0 Å². The predicted octanol–water partition coefficient (Wildman–Crippen LogP) is 3.50. The van der Waals surface area contributed by atoms with Crippen molar-refractivity contribution < 1.29 is 14.4 Å². The number of fused-ring (bicyclic) bond motifs is 1. The molecule has 7 nitrogen and oxygen atoms in total. The van der Waals surface area contributed by atoms with Gasteiger partial charge in [0.1, 0.15) is 11.9 Å². The number of carbonyl (C=O) groups excluding carboxylic acids is 3. The Morgan fingerprint density at radius 2 is 1.88 bits per heavy atom. The van der Waals surface area contributed by atoms with Gasteiger partial charge in [-0.2, -0.15) is 0 Å². The van der Waals surface area contributed by atoms with Gasteiger partial charge in [-0.3, -0.25) is 19.7 Å². The molecule has 1 aromatic heterocycles. The summed E-state index contributed by atoms with van der Waals surface area (Å²) in [6.45, 7) is 4.70. The van der Waals surface area contributed by atoms with Gasteiger partial charge in [0.2, 0.25) is 11.8 Å². The number of benzene rings is 2. The van der Waals surface area contributed by atoms with Crippen LogP contribution in [0.25, 0.3) is 16.9 Å². The van der Waals surface area contributed by atoms with Crippen LogP contribution in [-0.2, 0) is 22.6 Å². The maximum Gasteiger partial charge on any atom is 0.255 e. The summed E-state index contributed by atoms with van der Waals surface area (Å²) in [5.74, 6) is 0.609. The van der Waals surface area contributed by atoms with E-state index in [2.05, 4.69) is 35.9 Å². The molecule has 33 heavy (non-hydrogen) atoms. The Hall–Kier alpha value is -3.74. The van der Waals surface area contributed by atoms with Crippen molar-refractivity contribution in [3.63, 3.8) is 0 Å². The second-order valence-corrected chi connectivity index (χ2v) is 9.12. The zero-order chi connectivity index (χ0) is 23.1. The first-order chi connectivity index (χ1) is 15.9. The SMILES string of the molecule is CC(C)Cc1nc(-c2ccc3c(c2)CN(C2CCC(=O)NC2=O)C3=O)cn1-c1ccccc1. The molecule has 1 unspecified atom stereocenters. The quantitative estimate of drug-likeness (QED) is 0.613. The van der Waals surface area contributed by atoms with E-state index >= 15 is 0 Å². The maximum absolute atomic E-state index is 13.0. The maximum atomic E-state index is 13.0. The Bertz CT molecular complexity index is 1250. The second kappa shape index (κ2) is 8.31. The first-order valence-corrected chi connectivity index (χ1v) is 11.3. The highest BCUT2D eigenvalue weighted by Crippen LogP contribution is 2.31. The smallest absolute Gasteiger partial charge is 0.255 e. The molecule has 0 bridgehead atoms. The van der Waals surface area contributed by atoms with Crippen LogP contribution < -0.4 is 5.32 Å². The summed E-state index contributed by atoms with van der Waals surface area (Å²) >= 11 is 0. The fourth-order valence-electron chi connectivity index (χ4n) is 4.61. The number of imidazole rings is 1. The van der Waals surface area contributed by atoms with Gasteiger partial charge in [-0.1, -0.05) is 38.1 Å². The van der Waals surface area contributed by atoms with E-state index in [1.807, 2.05) is 42.6 Å². The van der Waals surface area contributed by atoms with Crippen LogP contribution in [0.1, 0.15) is 48.4 Å². The molecule has 1 saturated heterocycles. The van der Waals surface area contributed by atoms with E-state index < -0.39 is 11.9 Å². The normalized spacial score (nSPS) is 18.1. The van der Waals surface area contributed by atoms with Crippen LogP contribution >= 0.6 is 0 Å². The van der Waals surface area contributed by atoms with Crippen LogP contribution in [0.15, 0.2) is 54.7 Å². The number of carbonyl (C=O) groups is 3. The van der Waals surface area contributed by atoms with E-state index in [1.54, 1.807) is 4.90 Å². The molecule has 168 valence electrons. The van der Waals surface area contributed by atoms with E-state index in [-0.39, 0.29) is 18.2 Å². The van der Waals surface area contributed by atoms with Crippen LogP contribution in [0.3, 0.4) is 0 Å². The van der Waals surface area contributed by atoms with E-state index in [4.69, 9.17) is 4.98 Å². The fourth-order valence-corrected chi connectivity index (χ4v) is 4.61. The lowest BCUT2D eigenvalue weighted by Crippen LogP contribution is -2.52. The summed E-state index contributed by atoms with van der Waals surface area (Å²) in [5.41, 5.74) is 4.33. The standard InChI is InChI=1S/C26H26N4O3/c1-16(2)12-23-27-21(15-29(23)19-6-4-3-5-7-19)17-8-9-20-18(13-17)14-30(26(20)33)22-10-11-24(31)28-25(22)32/h3-9,13,15-16,22H,10-12,14H2,1-2H3,(H,28,31,32). The molecule has 5 rings (SSSR count). The number of imide groups is 1. The number of para-hydroxylation sites is 1. The van der Waals surface area contributed by atoms with Crippen LogP contribution in [0.2, 0.25) is 0 Å². The average molecular weight is 443 g/mol. The summed E-state index contributed by atoms with van der Waals surface area (Å²) in [5, 5.41) is 2.35. The molecule has 1 atom stereocenters. The Morgan fingerprint density at radius 1 is 1.09 bits per heavy atom. The van der Waals surface area contributed by atoms with Crippen LogP contribution in [0.4, 0.5) is 0 Å². The second-order valence-electron chi connectivity index (χ2n) is 9.12. The van der Waals surface area contributed by atoms with Gasteiger partial charge in [-0.05, 0) is 42.2 Å². The third kappa shape index (κ3) is 3.95. The number of aromatic nitrogens is 2. The molecule has 0 saturated carbocycles. The molecule has 3 aromatic rings. The van der Waals surface area contributed by atoms with Gasteiger partial charge in [0.05, 0.1) is 5.69 Å². The number of hydrogen-bond acceptors (Lipinski definition) is 4. The Labute approximate surface area is 192 Å². The summed E-state index contributed by atoms with van der Waals surface area (Å²) in [7, 11) is 0. The largest absolute Gasteiger partial charge is 0.322 e. The third-order valence-electron chi connectivity index (χ3n) is 6.22. The van der Waals surface area contributed by atoms with Crippen LogP contribution in [0.5, 0.6) is 0 Å². The predicted molar refractivity (Wildman–Crippen MR) is 124 cm³/mol. The average Bonchev–Trinajstić information content (AvgIpc) is 3.35. The number of amides is 3. The minimum Gasteiger partial charge on any atom is -0.322 e. The van der Waals surface area contributed by atoms with E-state index in [0.717, 1.165) is 34.8 Å². The molecule has 7 heteroatoms. The molecular weight excluding hydrogens is 416 g/mol. The van der Waals surface area contributed by atoms with Gasteiger partial charge < -0.3 is 9.47 Å². The molecule has 1 N–H and O–H groups in total. The van der Waals surface area contributed by atoms with Crippen molar-refractivity contribution in [3.8, 4) is 16.9 Å². The molecule has 2 aliphatic rings. The molecular formula is C26H26N4O3. The Balaban J connectivity index is 1.46. The lowest BCUT2D eigenvalue weighted by molar-refractivity contribution is -0.136. The number of rotatable bonds is 5. The van der Waals surface area contributed by atoms with Crippen molar-refractivity contribution in [2.24, 2.45) is 5.92 Å². The molecule has 2 aliphatic heterocycles. The zero-order valence-electron chi connectivity index (χ0n) is 18.7. The highest BCUT2D eigenvalue weighted by molar-refractivity contribution is 6.05. The number of piperidine rings is 1. The van der Waals surface area contributed by atoms with Gasteiger partial charge in [0.15, 0.2) is 0 Å². The summed E-state index contributed by atoms with van der Waals surface area (Å²) < 4.78 is 2.13. The summed E-state index contributed by atoms with van der Waals surface area (Å²) in [6.07, 6.45) is 3.50. The first-order valence-electron chi connectivity index (χ1n) is 11.3. The topological polar surface area (TPSA) is 84.3 Å². The zero-order valence-corrected chi connectivity index (χ0v) is 18.7. The van der Waals surface area contributed by atoms with E-state index in [1.165, 1.54) is 0 Å². The Kier molecular flexibility index (Phi) is 5.32.